The van der Waals surface area contributed by atoms with Crippen molar-refractivity contribution < 1.29 is 27.1 Å². The Labute approximate surface area is 95.2 Å². The Morgan fingerprint density at radius 1 is 1.38 bits per heavy atom. The molecule has 8 heteroatoms. The first-order valence-electron chi connectivity index (χ1n) is 3.91. The van der Waals surface area contributed by atoms with Gasteiger partial charge in [0.25, 0.3) is 6.43 Å². The van der Waals surface area contributed by atoms with E-state index in [1.807, 2.05) is 0 Å². The molecule has 0 amide bonds. The predicted molar refractivity (Wildman–Crippen MR) is 48.5 cm³/mol. The van der Waals surface area contributed by atoms with Crippen LogP contribution in [0.3, 0.4) is 0 Å². The third kappa shape index (κ3) is 2.42. The van der Waals surface area contributed by atoms with Gasteiger partial charge in [-0.1, -0.05) is 15.9 Å². The molecule has 0 aromatic carbocycles. The van der Waals surface area contributed by atoms with Crippen LogP contribution in [0.15, 0.2) is 6.20 Å². The first-order valence-corrected chi connectivity index (χ1v) is 5.03. The zero-order valence-electron chi connectivity index (χ0n) is 7.52. The predicted octanol–water partition coefficient (Wildman–Crippen LogP) is 3.64. The lowest BCUT2D eigenvalue weighted by Crippen LogP contribution is -2.13. The Balaban J connectivity index is 3.55. The number of aromatic hydroxyl groups is 1. The normalized spacial score (nSPS) is 12.2. The smallest absolute Gasteiger partial charge is 0.420 e. The van der Waals surface area contributed by atoms with E-state index >= 15 is 0 Å². The summed E-state index contributed by atoms with van der Waals surface area (Å²) in [5.74, 6) is -1.30. The molecule has 0 bridgehead atoms. The fourth-order valence-electron chi connectivity index (χ4n) is 1.19. The zero-order chi connectivity index (χ0) is 12.5. The molecule has 0 radical (unpaired) electrons. The average molecular weight is 306 g/mol. The third-order valence-electron chi connectivity index (χ3n) is 1.81. The maximum absolute atomic E-state index is 12.5. The van der Waals surface area contributed by atoms with Gasteiger partial charge >= 0.3 is 6.18 Å². The Bertz CT molecular complexity index is 393. The number of alkyl halides is 6. The lowest BCUT2D eigenvalue weighted by atomic mass is 10.1. The highest BCUT2D eigenvalue weighted by molar-refractivity contribution is 9.08. The van der Waals surface area contributed by atoms with E-state index in [-0.39, 0.29) is 5.33 Å². The second-order valence-electron chi connectivity index (χ2n) is 2.81. The molecular weight excluding hydrogens is 301 g/mol. The van der Waals surface area contributed by atoms with Crippen LogP contribution < -0.4 is 0 Å². The van der Waals surface area contributed by atoms with E-state index in [9.17, 15) is 22.0 Å². The van der Waals surface area contributed by atoms with Crippen LogP contribution in [-0.4, -0.2) is 10.1 Å². The van der Waals surface area contributed by atoms with Gasteiger partial charge in [-0.05, 0) is 0 Å². The lowest BCUT2D eigenvalue weighted by molar-refractivity contribution is -0.140. The summed E-state index contributed by atoms with van der Waals surface area (Å²) in [5.41, 5.74) is -3.46. The van der Waals surface area contributed by atoms with Gasteiger partial charge in [-0.2, -0.15) is 13.2 Å². The van der Waals surface area contributed by atoms with Crippen molar-refractivity contribution in [2.45, 2.75) is 17.9 Å². The Morgan fingerprint density at radius 3 is 2.31 bits per heavy atom. The molecule has 0 unspecified atom stereocenters. The Morgan fingerprint density at radius 2 is 1.94 bits per heavy atom. The number of aromatic nitrogens is 1. The number of hydrogen-bond acceptors (Lipinski definition) is 2. The van der Waals surface area contributed by atoms with E-state index in [1.165, 1.54) is 0 Å². The molecule has 2 nitrogen and oxygen atoms in total. The summed E-state index contributed by atoms with van der Waals surface area (Å²) in [7, 11) is 0. The van der Waals surface area contributed by atoms with Crippen LogP contribution in [0, 0.1) is 0 Å². The van der Waals surface area contributed by atoms with Crippen LogP contribution in [-0.2, 0) is 11.5 Å². The summed E-state index contributed by atoms with van der Waals surface area (Å²) >= 11 is 2.76. The van der Waals surface area contributed by atoms with Crippen LogP contribution >= 0.6 is 15.9 Å². The van der Waals surface area contributed by atoms with Gasteiger partial charge in [0.05, 0.1) is 17.5 Å². The second-order valence-corrected chi connectivity index (χ2v) is 3.37. The molecule has 0 saturated heterocycles. The minimum absolute atomic E-state index is 0.254. The quantitative estimate of drug-likeness (QED) is 0.668. The maximum atomic E-state index is 12.5. The number of halogens is 6. The van der Waals surface area contributed by atoms with Gasteiger partial charge in [0.15, 0.2) is 0 Å². The first-order chi connectivity index (χ1) is 7.29. The van der Waals surface area contributed by atoms with E-state index < -0.39 is 35.2 Å². The van der Waals surface area contributed by atoms with Crippen LogP contribution in [0.25, 0.3) is 0 Å². The lowest BCUT2D eigenvalue weighted by Gasteiger charge is -2.15. The Hall–Kier alpha value is -0.920. The molecule has 1 rings (SSSR count). The van der Waals surface area contributed by atoms with Gasteiger partial charge in [-0.25, -0.2) is 8.78 Å². The summed E-state index contributed by atoms with van der Waals surface area (Å²) < 4.78 is 62.4. The molecular formula is C8H5BrF5NO. The summed E-state index contributed by atoms with van der Waals surface area (Å²) in [6, 6.07) is 0. The molecule has 0 aliphatic rings. The molecule has 90 valence electrons. The van der Waals surface area contributed by atoms with E-state index in [1.54, 1.807) is 0 Å². The third-order valence-corrected chi connectivity index (χ3v) is 2.34. The molecule has 1 heterocycles. The summed E-state index contributed by atoms with van der Waals surface area (Å²) in [5, 5.41) is 8.71. The van der Waals surface area contributed by atoms with Gasteiger partial charge in [0.1, 0.15) is 11.3 Å². The van der Waals surface area contributed by atoms with Gasteiger partial charge in [0.2, 0.25) is 0 Å². The zero-order valence-corrected chi connectivity index (χ0v) is 9.11. The largest absolute Gasteiger partial charge is 0.506 e. The monoisotopic (exact) mass is 305 g/mol. The molecule has 1 aromatic heterocycles. The van der Waals surface area contributed by atoms with Gasteiger partial charge in [-0.3, -0.25) is 4.98 Å². The molecule has 1 aromatic rings. The minimum Gasteiger partial charge on any atom is -0.506 e. The van der Waals surface area contributed by atoms with Crippen LogP contribution in [0.1, 0.15) is 23.2 Å². The summed E-state index contributed by atoms with van der Waals surface area (Å²) in [6.45, 7) is 0. The molecule has 1 N–H and O–H groups in total. The molecule has 0 aliphatic heterocycles. The number of hydrogen-bond donors (Lipinski definition) is 1. The van der Waals surface area contributed by atoms with Crippen molar-refractivity contribution in [3.63, 3.8) is 0 Å². The molecule has 0 spiro atoms. The van der Waals surface area contributed by atoms with E-state index in [0.29, 0.717) is 6.20 Å². The SMILES string of the molecule is Oc1cnc(CBr)c(C(F)F)c1C(F)(F)F. The van der Waals surface area contributed by atoms with Gasteiger partial charge in [-0.15, -0.1) is 0 Å². The fraction of sp³-hybridized carbons (Fsp3) is 0.375. The van der Waals surface area contributed by atoms with Gasteiger partial charge < -0.3 is 5.11 Å². The van der Waals surface area contributed by atoms with Crippen LogP contribution in [0.2, 0.25) is 0 Å². The van der Waals surface area contributed by atoms with Crippen molar-refractivity contribution in [2.75, 3.05) is 0 Å². The van der Waals surface area contributed by atoms with Crippen molar-refractivity contribution in [3.05, 3.63) is 23.0 Å². The van der Waals surface area contributed by atoms with E-state index in [4.69, 9.17) is 5.11 Å². The molecule has 0 atom stereocenters. The summed E-state index contributed by atoms with van der Waals surface area (Å²) in [4.78, 5) is 3.32. The van der Waals surface area contributed by atoms with E-state index in [0.717, 1.165) is 0 Å². The Kier molecular flexibility index (Phi) is 3.72. The topological polar surface area (TPSA) is 33.1 Å². The van der Waals surface area contributed by atoms with Crippen molar-refractivity contribution in [1.29, 1.82) is 0 Å². The standard InChI is InChI=1S/C8H5BrF5NO/c9-1-3-5(7(10)11)6(8(12,13)14)4(16)2-15-3/h2,7,16H,1H2. The highest BCUT2D eigenvalue weighted by Crippen LogP contribution is 2.42. The second kappa shape index (κ2) is 4.52. The summed E-state index contributed by atoms with van der Waals surface area (Å²) in [6.07, 6.45) is -7.90. The van der Waals surface area contributed by atoms with Crippen molar-refractivity contribution >= 4 is 15.9 Å². The highest BCUT2D eigenvalue weighted by atomic mass is 79.9. The number of nitrogens with zero attached hydrogens (tertiary/aromatic N) is 1. The van der Waals surface area contributed by atoms with Crippen LogP contribution in [0.4, 0.5) is 22.0 Å². The minimum atomic E-state index is -5.05. The fourth-order valence-corrected chi connectivity index (χ4v) is 1.64. The van der Waals surface area contributed by atoms with Crippen molar-refractivity contribution in [2.24, 2.45) is 0 Å². The molecule has 16 heavy (non-hydrogen) atoms. The maximum Gasteiger partial charge on any atom is 0.420 e. The molecule has 0 saturated carbocycles. The molecule has 0 aliphatic carbocycles. The van der Waals surface area contributed by atoms with E-state index in [2.05, 4.69) is 20.9 Å². The highest BCUT2D eigenvalue weighted by Gasteiger charge is 2.40. The molecule has 0 fully saturated rings. The average Bonchev–Trinajstić information content (AvgIpc) is 2.15. The van der Waals surface area contributed by atoms with Crippen molar-refractivity contribution in [1.82, 2.24) is 4.98 Å². The first kappa shape index (κ1) is 13.1. The van der Waals surface area contributed by atoms with Crippen molar-refractivity contribution in [3.8, 4) is 5.75 Å². The van der Waals surface area contributed by atoms with Gasteiger partial charge in [0, 0.05) is 5.33 Å². The number of rotatable bonds is 2. The number of pyridine rings is 1. The van der Waals surface area contributed by atoms with Crippen LogP contribution in [0.5, 0.6) is 5.75 Å².